The minimum Gasteiger partial charge on any atom is -0.426 e. The van der Waals surface area contributed by atoms with Crippen molar-refractivity contribution in [1.29, 1.82) is 0 Å². The molecule has 0 spiro atoms. The largest absolute Gasteiger partial charge is 0.426 e. The lowest BCUT2D eigenvalue weighted by Crippen LogP contribution is -2.12. The van der Waals surface area contributed by atoms with Gasteiger partial charge < -0.3 is 9.15 Å². The SMILES string of the molecule is Cc1c(Cc2ccc(F)cc2)c(=O)oc2cc(OC(=O)C3CC3)ccc12. The predicted molar refractivity (Wildman–Crippen MR) is 94.8 cm³/mol. The molecular weight excluding hydrogens is 335 g/mol. The van der Waals surface area contributed by atoms with Gasteiger partial charge in [-0.15, -0.1) is 0 Å². The fraction of sp³-hybridized carbons (Fsp3) is 0.238. The summed E-state index contributed by atoms with van der Waals surface area (Å²) in [6, 6.07) is 11.1. The monoisotopic (exact) mass is 352 g/mol. The molecule has 0 N–H and O–H groups in total. The Kier molecular flexibility index (Phi) is 4.07. The van der Waals surface area contributed by atoms with E-state index >= 15 is 0 Å². The van der Waals surface area contributed by atoms with Gasteiger partial charge in [0.25, 0.3) is 0 Å². The van der Waals surface area contributed by atoms with Crippen molar-refractivity contribution in [3.63, 3.8) is 0 Å². The molecule has 0 bridgehead atoms. The Morgan fingerprint density at radius 1 is 1.19 bits per heavy atom. The number of hydrogen-bond donors (Lipinski definition) is 0. The standard InChI is InChI=1S/C21H17FO4/c1-12-17-9-8-16(25-20(23)14-4-5-14)11-19(17)26-21(24)18(12)10-13-2-6-15(22)7-3-13/h2-3,6-9,11,14H,4-5,10H2,1H3. The molecule has 4 rings (SSSR count). The minimum absolute atomic E-state index is 0.00229. The summed E-state index contributed by atoms with van der Waals surface area (Å²) in [5.74, 6) is -0.179. The van der Waals surface area contributed by atoms with Crippen LogP contribution in [0.2, 0.25) is 0 Å². The number of halogens is 1. The zero-order valence-corrected chi connectivity index (χ0v) is 14.3. The molecule has 1 aliphatic rings. The highest BCUT2D eigenvalue weighted by molar-refractivity contribution is 5.84. The van der Waals surface area contributed by atoms with E-state index in [0.717, 1.165) is 29.4 Å². The van der Waals surface area contributed by atoms with Gasteiger partial charge >= 0.3 is 11.6 Å². The molecular formula is C21H17FO4. The van der Waals surface area contributed by atoms with Crippen LogP contribution in [0.15, 0.2) is 51.7 Å². The second kappa shape index (κ2) is 6.41. The van der Waals surface area contributed by atoms with Gasteiger partial charge in [0.05, 0.1) is 5.92 Å². The third-order valence-corrected chi connectivity index (χ3v) is 4.68. The van der Waals surface area contributed by atoms with Crippen LogP contribution in [-0.2, 0) is 11.2 Å². The molecule has 0 radical (unpaired) electrons. The molecule has 3 aromatic rings. The molecule has 26 heavy (non-hydrogen) atoms. The Balaban J connectivity index is 1.68. The molecule has 0 atom stereocenters. The smallest absolute Gasteiger partial charge is 0.340 e. The van der Waals surface area contributed by atoms with Gasteiger partial charge in [-0.1, -0.05) is 12.1 Å². The third-order valence-electron chi connectivity index (χ3n) is 4.68. The van der Waals surface area contributed by atoms with Gasteiger partial charge in [0.15, 0.2) is 0 Å². The van der Waals surface area contributed by atoms with Crippen LogP contribution in [0.25, 0.3) is 11.0 Å². The Hall–Kier alpha value is -2.95. The molecule has 0 amide bonds. The number of esters is 1. The molecule has 1 aromatic heterocycles. The molecule has 0 unspecified atom stereocenters. The number of rotatable bonds is 4. The lowest BCUT2D eigenvalue weighted by atomic mass is 9.99. The number of carbonyl (C=O) groups is 1. The lowest BCUT2D eigenvalue weighted by Gasteiger charge is -2.09. The van der Waals surface area contributed by atoms with Crippen LogP contribution in [0.4, 0.5) is 4.39 Å². The normalized spacial score (nSPS) is 13.8. The van der Waals surface area contributed by atoms with E-state index in [1.54, 1.807) is 30.3 Å². The summed E-state index contributed by atoms with van der Waals surface area (Å²) in [7, 11) is 0. The van der Waals surface area contributed by atoms with Crippen molar-refractivity contribution >= 4 is 16.9 Å². The summed E-state index contributed by atoms with van der Waals surface area (Å²) in [6.07, 6.45) is 2.10. The lowest BCUT2D eigenvalue weighted by molar-refractivity contribution is -0.135. The van der Waals surface area contributed by atoms with Crippen molar-refractivity contribution in [2.24, 2.45) is 5.92 Å². The molecule has 1 fully saturated rings. The highest BCUT2D eigenvalue weighted by atomic mass is 19.1. The maximum absolute atomic E-state index is 13.1. The average molecular weight is 352 g/mol. The van der Waals surface area contributed by atoms with Crippen molar-refractivity contribution < 1.29 is 18.3 Å². The molecule has 132 valence electrons. The molecule has 5 heteroatoms. The fourth-order valence-corrected chi connectivity index (χ4v) is 2.97. The van der Waals surface area contributed by atoms with Crippen LogP contribution in [0.1, 0.15) is 29.5 Å². The number of fused-ring (bicyclic) bond motifs is 1. The van der Waals surface area contributed by atoms with Gasteiger partial charge in [-0.3, -0.25) is 4.79 Å². The first kappa shape index (κ1) is 16.5. The van der Waals surface area contributed by atoms with Crippen LogP contribution in [0.3, 0.4) is 0 Å². The molecule has 4 nitrogen and oxygen atoms in total. The Labute approximate surface area is 149 Å². The second-order valence-electron chi connectivity index (χ2n) is 6.65. The van der Waals surface area contributed by atoms with Crippen molar-refractivity contribution in [2.45, 2.75) is 26.2 Å². The van der Waals surface area contributed by atoms with Crippen LogP contribution in [-0.4, -0.2) is 5.97 Å². The number of ether oxygens (including phenoxy) is 1. The summed E-state index contributed by atoms with van der Waals surface area (Å²) in [6.45, 7) is 1.86. The minimum atomic E-state index is -0.440. The molecule has 1 saturated carbocycles. The average Bonchev–Trinajstić information content (AvgIpc) is 3.45. The molecule has 1 heterocycles. The zero-order valence-electron chi connectivity index (χ0n) is 14.3. The van der Waals surface area contributed by atoms with E-state index in [1.165, 1.54) is 12.1 Å². The van der Waals surface area contributed by atoms with Crippen LogP contribution < -0.4 is 10.4 Å². The number of aryl methyl sites for hydroxylation is 1. The first-order chi connectivity index (χ1) is 12.5. The number of benzene rings is 2. The van der Waals surface area contributed by atoms with Gasteiger partial charge in [0.2, 0.25) is 0 Å². The summed E-state index contributed by atoms with van der Waals surface area (Å²) in [4.78, 5) is 24.2. The van der Waals surface area contributed by atoms with Gasteiger partial charge in [0.1, 0.15) is 17.1 Å². The molecule has 0 saturated heterocycles. The summed E-state index contributed by atoms with van der Waals surface area (Å²) < 4.78 is 23.8. The van der Waals surface area contributed by atoms with Gasteiger partial charge in [-0.25, -0.2) is 9.18 Å². The van der Waals surface area contributed by atoms with Crippen molar-refractivity contribution in [3.8, 4) is 5.75 Å². The van der Waals surface area contributed by atoms with E-state index in [0.29, 0.717) is 23.3 Å². The summed E-state index contributed by atoms with van der Waals surface area (Å²) >= 11 is 0. The number of carbonyl (C=O) groups excluding carboxylic acids is 1. The summed E-state index contributed by atoms with van der Waals surface area (Å²) in [5.41, 5.74) is 2.12. The van der Waals surface area contributed by atoms with Crippen molar-refractivity contribution in [3.05, 3.63) is 75.4 Å². The van der Waals surface area contributed by atoms with Gasteiger partial charge in [-0.2, -0.15) is 0 Å². The van der Waals surface area contributed by atoms with E-state index < -0.39 is 5.63 Å². The first-order valence-corrected chi connectivity index (χ1v) is 8.54. The number of hydrogen-bond acceptors (Lipinski definition) is 4. The van der Waals surface area contributed by atoms with Gasteiger partial charge in [0, 0.05) is 23.4 Å². The van der Waals surface area contributed by atoms with Crippen molar-refractivity contribution in [1.82, 2.24) is 0 Å². The Morgan fingerprint density at radius 3 is 2.62 bits per heavy atom. The predicted octanol–water partition coefficient (Wildman–Crippen LogP) is 4.15. The highest BCUT2D eigenvalue weighted by Crippen LogP contribution is 2.32. The Morgan fingerprint density at radius 2 is 1.92 bits per heavy atom. The molecule has 2 aromatic carbocycles. The fourth-order valence-electron chi connectivity index (χ4n) is 2.97. The maximum atomic E-state index is 13.1. The maximum Gasteiger partial charge on any atom is 0.340 e. The topological polar surface area (TPSA) is 56.5 Å². The molecule has 1 aliphatic carbocycles. The van der Waals surface area contributed by atoms with E-state index in [2.05, 4.69) is 0 Å². The third kappa shape index (κ3) is 3.25. The Bertz CT molecular complexity index is 1050. The van der Waals surface area contributed by atoms with E-state index in [-0.39, 0.29) is 17.7 Å². The quantitative estimate of drug-likeness (QED) is 0.402. The van der Waals surface area contributed by atoms with E-state index in [9.17, 15) is 14.0 Å². The second-order valence-corrected chi connectivity index (χ2v) is 6.65. The van der Waals surface area contributed by atoms with Crippen LogP contribution in [0.5, 0.6) is 5.75 Å². The van der Waals surface area contributed by atoms with Crippen LogP contribution >= 0.6 is 0 Å². The van der Waals surface area contributed by atoms with E-state index in [1.807, 2.05) is 6.92 Å². The van der Waals surface area contributed by atoms with Crippen molar-refractivity contribution in [2.75, 3.05) is 0 Å². The van der Waals surface area contributed by atoms with E-state index in [4.69, 9.17) is 9.15 Å². The summed E-state index contributed by atoms with van der Waals surface area (Å²) in [5, 5.41) is 0.785. The molecule has 0 aliphatic heterocycles. The highest BCUT2D eigenvalue weighted by Gasteiger charge is 2.31. The first-order valence-electron chi connectivity index (χ1n) is 8.54. The zero-order chi connectivity index (χ0) is 18.3. The van der Waals surface area contributed by atoms with Crippen LogP contribution in [0, 0.1) is 18.7 Å². The van der Waals surface area contributed by atoms with Gasteiger partial charge in [-0.05, 0) is 55.2 Å².